The predicted molar refractivity (Wildman–Crippen MR) is 112 cm³/mol. The van der Waals surface area contributed by atoms with Gasteiger partial charge >= 0.3 is 0 Å². The summed E-state index contributed by atoms with van der Waals surface area (Å²) in [6, 6.07) is 0. The maximum Gasteiger partial charge on any atom is 0.297 e. The zero-order chi connectivity index (χ0) is 18.8. The molecule has 140 valence electrons. The third-order valence-electron chi connectivity index (χ3n) is 6.64. The maximum atomic E-state index is 6.58. The zero-order valence-corrected chi connectivity index (χ0v) is 17.7. The fraction of sp³-hybridized carbons (Fsp3) is 0.739. The van der Waals surface area contributed by atoms with Crippen LogP contribution in [0.4, 0.5) is 0 Å². The molecule has 0 saturated heterocycles. The quantitative estimate of drug-likeness (QED) is 0.378. The average Bonchev–Trinajstić information content (AvgIpc) is 2.67. The SMILES string of the molecule is C=C(C)CC1CCCCC2=C1CC(B(C)OC(C)(C)C(C)(C)C)C=C2. The molecule has 0 aromatic heterocycles. The summed E-state index contributed by atoms with van der Waals surface area (Å²) in [7, 11) is 0. The van der Waals surface area contributed by atoms with Crippen LogP contribution in [0.1, 0.15) is 80.1 Å². The van der Waals surface area contributed by atoms with Gasteiger partial charge in [-0.15, -0.1) is 6.58 Å². The van der Waals surface area contributed by atoms with E-state index in [4.69, 9.17) is 4.65 Å². The van der Waals surface area contributed by atoms with Crippen molar-refractivity contribution in [3.8, 4) is 0 Å². The van der Waals surface area contributed by atoms with E-state index >= 15 is 0 Å². The molecule has 0 radical (unpaired) electrons. The van der Waals surface area contributed by atoms with Crippen molar-refractivity contribution in [2.24, 2.45) is 11.3 Å². The van der Waals surface area contributed by atoms with Crippen molar-refractivity contribution in [1.82, 2.24) is 0 Å². The van der Waals surface area contributed by atoms with Crippen LogP contribution in [0.15, 0.2) is 35.5 Å². The summed E-state index contributed by atoms with van der Waals surface area (Å²) in [5, 5.41) is 0. The van der Waals surface area contributed by atoms with Crippen molar-refractivity contribution in [2.45, 2.75) is 98.3 Å². The van der Waals surface area contributed by atoms with Crippen LogP contribution < -0.4 is 0 Å². The molecule has 0 bridgehead atoms. The molecule has 0 heterocycles. The Kier molecular flexibility index (Phi) is 6.47. The van der Waals surface area contributed by atoms with Crippen LogP contribution in [0.2, 0.25) is 12.6 Å². The van der Waals surface area contributed by atoms with E-state index < -0.39 is 0 Å². The molecular weight excluding hydrogens is 303 g/mol. The van der Waals surface area contributed by atoms with Gasteiger partial charge in [-0.1, -0.05) is 57.3 Å². The lowest BCUT2D eigenvalue weighted by Crippen LogP contribution is -2.44. The summed E-state index contributed by atoms with van der Waals surface area (Å²) >= 11 is 0. The third-order valence-corrected chi connectivity index (χ3v) is 6.64. The van der Waals surface area contributed by atoms with E-state index in [0.717, 1.165) is 6.42 Å². The van der Waals surface area contributed by atoms with Gasteiger partial charge in [0.2, 0.25) is 0 Å². The summed E-state index contributed by atoms with van der Waals surface area (Å²) in [5.74, 6) is 1.19. The number of hydrogen-bond donors (Lipinski definition) is 0. The van der Waals surface area contributed by atoms with E-state index in [1.165, 1.54) is 37.7 Å². The molecule has 1 nitrogen and oxygen atoms in total. The van der Waals surface area contributed by atoms with Gasteiger partial charge in [0.15, 0.2) is 0 Å². The van der Waals surface area contributed by atoms with Crippen molar-refractivity contribution in [1.29, 1.82) is 0 Å². The molecule has 2 heteroatoms. The van der Waals surface area contributed by atoms with Crippen molar-refractivity contribution >= 4 is 6.92 Å². The lowest BCUT2D eigenvalue weighted by Gasteiger charge is -2.42. The van der Waals surface area contributed by atoms with E-state index in [1.54, 1.807) is 11.1 Å². The Bertz CT molecular complexity index is 547. The molecule has 0 fully saturated rings. The van der Waals surface area contributed by atoms with Gasteiger partial charge in [-0.3, -0.25) is 0 Å². The van der Waals surface area contributed by atoms with Gasteiger partial charge in [0.1, 0.15) is 0 Å². The lowest BCUT2D eigenvalue weighted by molar-refractivity contribution is -0.00298. The second-order valence-corrected chi connectivity index (χ2v) is 9.96. The van der Waals surface area contributed by atoms with Crippen LogP contribution in [0.3, 0.4) is 0 Å². The van der Waals surface area contributed by atoms with Gasteiger partial charge in [0, 0.05) is 0 Å². The zero-order valence-electron chi connectivity index (χ0n) is 17.7. The molecule has 0 spiro atoms. The molecule has 0 aromatic carbocycles. The Morgan fingerprint density at radius 3 is 2.52 bits per heavy atom. The molecular formula is C23H39BO. The summed E-state index contributed by atoms with van der Waals surface area (Å²) in [6.07, 6.45) is 12.4. The highest BCUT2D eigenvalue weighted by Crippen LogP contribution is 2.43. The molecule has 2 aliphatic carbocycles. The molecule has 2 atom stereocenters. The largest absolute Gasteiger partial charge is 0.430 e. The summed E-state index contributed by atoms with van der Waals surface area (Å²) < 4.78 is 6.58. The third kappa shape index (κ3) is 5.13. The second kappa shape index (κ2) is 7.86. The standard InChI is InChI=1S/C23H39BO/c1-17(2)15-19-12-10-9-11-18-13-14-20(16-21(18)19)24(8)25-23(6,7)22(3,4)5/h13-14,19-20H,1,9-12,15-16H2,2-8H3. The van der Waals surface area contributed by atoms with Crippen LogP contribution in [0, 0.1) is 11.3 Å². The minimum Gasteiger partial charge on any atom is -0.430 e. The molecule has 2 rings (SSSR count). The van der Waals surface area contributed by atoms with Crippen LogP contribution >= 0.6 is 0 Å². The predicted octanol–water partition coefficient (Wildman–Crippen LogP) is 7.23. The highest BCUT2D eigenvalue weighted by molar-refractivity contribution is 6.53. The number of hydrogen-bond acceptors (Lipinski definition) is 1. The van der Waals surface area contributed by atoms with E-state index in [9.17, 15) is 0 Å². The topological polar surface area (TPSA) is 9.23 Å². The minimum absolute atomic E-state index is 0.129. The van der Waals surface area contributed by atoms with Crippen LogP contribution in [-0.4, -0.2) is 12.5 Å². The Balaban J connectivity index is 2.13. The molecule has 0 amide bonds. The average molecular weight is 342 g/mol. The van der Waals surface area contributed by atoms with Gasteiger partial charge in [-0.2, -0.15) is 0 Å². The number of rotatable bonds is 5. The normalized spacial score (nSPS) is 24.8. The Hall–Kier alpha value is -0.755. The first-order valence-electron chi connectivity index (χ1n) is 10.2. The fourth-order valence-corrected chi connectivity index (χ4v) is 4.05. The monoisotopic (exact) mass is 342 g/mol. The summed E-state index contributed by atoms with van der Waals surface area (Å²) in [5.41, 5.74) is 4.65. The highest BCUT2D eigenvalue weighted by atomic mass is 16.5. The molecule has 25 heavy (non-hydrogen) atoms. The summed E-state index contributed by atoms with van der Waals surface area (Å²) in [4.78, 5) is 0. The van der Waals surface area contributed by atoms with Crippen molar-refractivity contribution in [3.63, 3.8) is 0 Å². The lowest BCUT2D eigenvalue weighted by atomic mass is 9.53. The number of allylic oxidation sites excluding steroid dienone is 5. The molecule has 0 N–H and O–H groups in total. The first-order chi connectivity index (χ1) is 11.5. The smallest absolute Gasteiger partial charge is 0.297 e. The van der Waals surface area contributed by atoms with Crippen molar-refractivity contribution in [3.05, 3.63) is 35.5 Å². The van der Waals surface area contributed by atoms with Gasteiger partial charge in [-0.25, -0.2) is 0 Å². The minimum atomic E-state index is -0.129. The van der Waals surface area contributed by atoms with Gasteiger partial charge in [0.05, 0.1) is 5.60 Å². The van der Waals surface area contributed by atoms with Crippen LogP contribution in [0.25, 0.3) is 0 Å². The maximum absolute atomic E-state index is 6.58. The van der Waals surface area contributed by atoms with E-state index in [-0.39, 0.29) is 17.9 Å². The Morgan fingerprint density at radius 2 is 1.92 bits per heavy atom. The van der Waals surface area contributed by atoms with E-state index in [2.05, 4.69) is 67.1 Å². The van der Waals surface area contributed by atoms with Crippen molar-refractivity contribution < 1.29 is 4.65 Å². The fourth-order valence-electron chi connectivity index (χ4n) is 4.05. The molecule has 2 aliphatic rings. The first kappa shape index (κ1) is 20.6. The molecule has 0 aromatic rings. The molecule has 2 unspecified atom stereocenters. The molecule has 0 aliphatic heterocycles. The van der Waals surface area contributed by atoms with Gasteiger partial charge < -0.3 is 4.65 Å². The van der Waals surface area contributed by atoms with E-state index in [1.807, 2.05) is 0 Å². The van der Waals surface area contributed by atoms with Crippen molar-refractivity contribution in [2.75, 3.05) is 0 Å². The van der Waals surface area contributed by atoms with Gasteiger partial charge in [0.25, 0.3) is 6.92 Å². The van der Waals surface area contributed by atoms with Crippen LogP contribution in [0.5, 0.6) is 0 Å². The second-order valence-electron chi connectivity index (χ2n) is 9.96. The van der Waals surface area contributed by atoms with E-state index in [0.29, 0.717) is 11.7 Å². The Morgan fingerprint density at radius 1 is 1.24 bits per heavy atom. The first-order valence-corrected chi connectivity index (χ1v) is 10.2. The highest BCUT2D eigenvalue weighted by Gasteiger charge is 2.38. The molecule has 0 saturated carbocycles. The van der Waals surface area contributed by atoms with Crippen LogP contribution in [-0.2, 0) is 4.65 Å². The Labute approximate surface area is 157 Å². The van der Waals surface area contributed by atoms with Gasteiger partial charge in [-0.05, 0) is 75.6 Å². The summed E-state index contributed by atoms with van der Waals surface area (Å²) in [6.45, 7) is 20.1.